The van der Waals surface area contributed by atoms with Gasteiger partial charge in [0.2, 0.25) is 5.91 Å². The van der Waals surface area contributed by atoms with Crippen LogP contribution < -0.4 is 14.8 Å². The topological polar surface area (TPSA) is 67.9 Å². The van der Waals surface area contributed by atoms with Crippen molar-refractivity contribution in [3.05, 3.63) is 59.7 Å². The molecular formula is C22H26N2O4. The van der Waals surface area contributed by atoms with Gasteiger partial charge in [-0.2, -0.15) is 0 Å². The highest BCUT2D eigenvalue weighted by Gasteiger charge is 2.20. The summed E-state index contributed by atoms with van der Waals surface area (Å²) >= 11 is 0. The van der Waals surface area contributed by atoms with E-state index < -0.39 is 0 Å². The van der Waals surface area contributed by atoms with Crippen molar-refractivity contribution < 1.29 is 19.1 Å². The molecule has 0 aliphatic carbocycles. The molecule has 28 heavy (non-hydrogen) atoms. The Labute approximate surface area is 165 Å². The van der Waals surface area contributed by atoms with Crippen LogP contribution >= 0.6 is 0 Å². The molecule has 1 N–H and O–H groups in total. The largest absolute Gasteiger partial charge is 0.497 e. The zero-order valence-corrected chi connectivity index (χ0v) is 16.3. The zero-order chi connectivity index (χ0) is 19.9. The standard InChI is InChI=1S/C22H26N2O4/c1-16(15-28-20-11-9-19(27-2)10-12-20)23-22(26)18-7-5-17(6-8-18)14-24-13-3-4-21(24)25/h5-12,16H,3-4,13-15H2,1-2H3,(H,23,26). The maximum atomic E-state index is 12.4. The van der Waals surface area contributed by atoms with Gasteiger partial charge in [0.1, 0.15) is 18.1 Å². The maximum absolute atomic E-state index is 12.4. The van der Waals surface area contributed by atoms with E-state index in [0.29, 0.717) is 25.1 Å². The summed E-state index contributed by atoms with van der Waals surface area (Å²) in [5.41, 5.74) is 1.62. The second-order valence-corrected chi connectivity index (χ2v) is 6.98. The van der Waals surface area contributed by atoms with Gasteiger partial charge in [-0.25, -0.2) is 0 Å². The molecule has 0 spiro atoms. The maximum Gasteiger partial charge on any atom is 0.251 e. The highest BCUT2D eigenvalue weighted by atomic mass is 16.5. The molecule has 0 bridgehead atoms. The molecule has 2 aromatic rings. The predicted octanol–water partition coefficient (Wildman–Crippen LogP) is 3.01. The Balaban J connectivity index is 1.47. The van der Waals surface area contributed by atoms with E-state index in [-0.39, 0.29) is 17.9 Å². The number of likely N-dealkylation sites (tertiary alicyclic amines) is 1. The molecule has 1 atom stereocenters. The van der Waals surface area contributed by atoms with Gasteiger partial charge in [-0.3, -0.25) is 9.59 Å². The number of nitrogens with one attached hydrogen (secondary N) is 1. The lowest BCUT2D eigenvalue weighted by molar-refractivity contribution is -0.128. The summed E-state index contributed by atoms with van der Waals surface area (Å²) in [4.78, 5) is 26.0. The molecule has 0 aromatic heterocycles. The van der Waals surface area contributed by atoms with E-state index in [1.165, 1.54) is 0 Å². The first-order valence-corrected chi connectivity index (χ1v) is 9.49. The highest BCUT2D eigenvalue weighted by molar-refractivity contribution is 5.94. The van der Waals surface area contributed by atoms with E-state index in [1.807, 2.05) is 48.2 Å². The molecule has 1 saturated heterocycles. The Morgan fingerprint density at radius 1 is 1.11 bits per heavy atom. The number of amides is 2. The van der Waals surface area contributed by atoms with Crippen LogP contribution in [-0.4, -0.2) is 43.0 Å². The predicted molar refractivity (Wildman–Crippen MR) is 107 cm³/mol. The van der Waals surface area contributed by atoms with Gasteiger partial charge in [-0.1, -0.05) is 12.1 Å². The van der Waals surface area contributed by atoms with Gasteiger partial charge in [0, 0.05) is 25.1 Å². The number of hydrogen-bond acceptors (Lipinski definition) is 4. The summed E-state index contributed by atoms with van der Waals surface area (Å²) in [6.07, 6.45) is 1.56. The average molecular weight is 382 g/mol. The van der Waals surface area contributed by atoms with Crippen molar-refractivity contribution >= 4 is 11.8 Å². The minimum atomic E-state index is -0.144. The van der Waals surface area contributed by atoms with E-state index in [0.717, 1.165) is 30.0 Å². The Hall–Kier alpha value is -3.02. The molecule has 6 nitrogen and oxygen atoms in total. The fourth-order valence-corrected chi connectivity index (χ4v) is 3.10. The van der Waals surface area contributed by atoms with Gasteiger partial charge < -0.3 is 19.7 Å². The quantitative estimate of drug-likeness (QED) is 0.762. The van der Waals surface area contributed by atoms with Crippen LogP contribution in [0.3, 0.4) is 0 Å². The average Bonchev–Trinajstić information content (AvgIpc) is 3.11. The second-order valence-electron chi connectivity index (χ2n) is 6.98. The summed E-state index contributed by atoms with van der Waals surface area (Å²) < 4.78 is 10.8. The van der Waals surface area contributed by atoms with E-state index in [2.05, 4.69) is 5.32 Å². The molecule has 2 aromatic carbocycles. The zero-order valence-electron chi connectivity index (χ0n) is 16.3. The Morgan fingerprint density at radius 2 is 1.79 bits per heavy atom. The van der Waals surface area contributed by atoms with Crippen LogP contribution in [0.2, 0.25) is 0 Å². The molecular weight excluding hydrogens is 356 g/mol. The Bertz CT molecular complexity index is 802. The van der Waals surface area contributed by atoms with Crippen LogP contribution in [0, 0.1) is 0 Å². The van der Waals surface area contributed by atoms with E-state index in [4.69, 9.17) is 9.47 Å². The minimum Gasteiger partial charge on any atom is -0.497 e. The van der Waals surface area contributed by atoms with Crippen LogP contribution in [0.5, 0.6) is 11.5 Å². The lowest BCUT2D eigenvalue weighted by Gasteiger charge is -2.17. The van der Waals surface area contributed by atoms with Crippen molar-refractivity contribution in [2.75, 3.05) is 20.3 Å². The summed E-state index contributed by atoms with van der Waals surface area (Å²) in [5, 5.41) is 2.94. The number of ether oxygens (including phenoxy) is 2. The van der Waals surface area contributed by atoms with Gasteiger partial charge in [0.25, 0.3) is 5.91 Å². The number of hydrogen-bond donors (Lipinski definition) is 1. The summed E-state index contributed by atoms with van der Waals surface area (Å²) in [6.45, 7) is 3.68. The van der Waals surface area contributed by atoms with E-state index >= 15 is 0 Å². The minimum absolute atomic E-state index is 0.142. The van der Waals surface area contributed by atoms with Crippen LogP contribution in [0.25, 0.3) is 0 Å². The first-order chi connectivity index (χ1) is 13.5. The summed E-state index contributed by atoms with van der Waals surface area (Å²) in [6, 6.07) is 14.6. The van der Waals surface area contributed by atoms with Crippen molar-refractivity contribution in [3.63, 3.8) is 0 Å². The van der Waals surface area contributed by atoms with Crippen LogP contribution in [-0.2, 0) is 11.3 Å². The molecule has 148 valence electrons. The molecule has 1 aliphatic heterocycles. The van der Waals surface area contributed by atoms with E-state index in [9.17, 15) is 9.59 Å². The van der Waals surface area contributed by atoms with Gasteiger partial charge in [0.15, 0.2) is 0 Å². The molecule has 3 rings (SSSR count). The SMILES string of the molecule is COc1ccc(OCC(C)NC(=O)c2ccc(CN3CCCC3=O)cc2)cc1. The molecule has 0 radical (unpaired) electrons. The Morgan fingerprint density at radius 3 is 2.39 bits per heavy atom. The van der Waals surface area contributed by atoms with Crippen LogP contribution in [0.1, 0.15) is 35.7 Å². The van der Waals surface area contributed by atoms with Crippen molar-refractivity contribution in [3.8, 4) is 11.5 Å². The smallest absolute Gasteiger partial charge is 0.251 e. The number of benzene rings is 2. The van der Waals surface area contributed by atoms with Crippen LogP contribution in [0.4, 0.5) is 0 Å². The molecule has 6 heteroatoms. The van der Waals surface area contributed by atoms with Gasteiger partial charge >= 0.3 is 0 Å². The number of rotatable bonds is 8. The fraction of sp³-hybridized carbons (Fsp3) is 0.364. The molecule has 1 heterocycles. The normalized spacial score (nSPS) is 14.6. The number of nitrogens with zero attached hydrogens (tertiary/aromatic N) is 1. The molecule has 2 amide bonds. The first-order valence-electron chi connectivity index (χ1n) is 9.49. The summed E-state index contributed by atoms with van der Waals surface area (Å²) in [5.74, 6) is 1.55. The highest BCUT2D eigenvalue weighted by Crippen LogP contribution is 2.17. The van der Waals surface area contributed by atoms with Crippen molar-refractivity contribution in [2.24, 2.45) is 0 Å². The third-order valence-electron chi connectivity index (χ3n) is 4.70. The van der Waals surface area contributed by atoms with E-state index in [1.54, 1.807) is 19.2 Å². The lowest BCUT2D eigenvalue weighted by Crippen LogP contribution is -2.36. The van der Waals surface area contributed by atoms with Crippen molar-refractivity contribution in [2.45, 2.75) is 32.4 Å². The monoisotopic (exact) mass is 382 g/mol. The molecule has 1 aliphatic rings. The van der Waals surface area contributed by atoms with Crippen molar-refractivity contribution in [1.29, 1.82) is 0 Å². The lowest BCUT2D eigenvalue weighted by atomic mass is 10.1. The molecule has 1 unspecified atom stereocenters. The molecule has 0 saturated carbocycles. The fourth-order valence-electron chi connectivity index (χ4n) is 3.10. The third-order valence-corrected chi connectivity index (χ3v) is 4.70. The van der Waals surface area contributed by atoms with Crippen LogP contribution in [0.15, 0.2) is 48.5 Å². The van der Waals surface area contributed by atoms with Gasteiger partial charge in [-0.05, 0) is 55.3 Å². The van der Waals surface area contributed by atoms with Gasteiger partial charge in [-0.15, -0.1) is 0 Å². The molecule has 1 fully saturated rings. The number of carbonyl (C=O) groups excluding carboxylic acids is 2. The first kappa shape index (κ1) is 19.7. The third kappa shape index (κ3) is 5.25. The Kier molecular flexibility index (Phi) is 6.53. The second kappa shape index (κ2) is 9.26. The van der Waals surface area contributed by atoms with Crippen molar-refractivity contribution in [1.82, 2.24) is 10.2 Å². The summed E-state index contributed by atoms with van der Waals surface area (Å²) in [7, 11) is 1.62. The number of carbonyl (C=O) groups is 2. The number of methoxy groups -OCH3 is 1. The van der Waals surface area contributed by atoms with Gasteiger partial charge in [0.05, 0.1) is 13.2 Å².